The highest BCUT2D eigenvalue weighted by Gasteiger charge is 2.22. The number of hydrazine groups is 1. The van der Waals surface area contributed by atoms with Gasteiger partial charge < -0.3 is 15.6 Å². The summed E-state index contributed by atoms with van der Waals surface area (Å²) < 4.78 is 0. The van der Waals surface area contributed by atoms with Crippen LogP contribution in [-0.2, 0) is 5.41 Å². The fourth-order valence-electron chi connectivity index (χ4n) is 2.19. The summed E-state index contributed by atoms with van der Waals surface area (Å²) in [6.07, 6.45) is 1.14. The van der Waals surface area contributed by atoms with Gasteiger partial charge in [-0.3, -0.25) is 0 Å². The Bertz CT molecular complexity index is 439. The molecule has 1 aromatic heterocycles. The molecular weight excluding hydrogens is 240 g/mol. The molecule has 2 heterocycles. The summed E-state index contributed by atoms with van der Waals surface area (Å²) >= 11 is 0. The van der Waals surface area contributed by atoms with Crippen LogP contribution in [0.2, 0.25) is 0 Å². The number of likely N-dealkylation sites (tertiary alicyclic amines) is 1. The SMILES string of the molecule is CN1CCC(Nc2cc(NN)nc(C(C)(C)C)n2)C1. The van der Waals surface area contributed by atoms with Gasteiger partial charge in [-0.2, -0.15) is 0 Å². The Morgan fingerprint density at radius 2 is 2.00 bits per heavy atom. The maximum atomic E-state index is 5.48. The smallest absolute Gasteiger partial charge is 0.145 e. The predicted octanol–water partition coefficient (Wildman–Crippen LogP) is 1.18. The van der Waals surface area contributed by atoms with Crippen LogP contribution in [0.25, 0.3) is 0 Å². The Morgan fingerprint density at radius 1 is 1.32 bits per heavy atom. The highest BCUT2D eigenvalue weighted by atomic mass is 15.3. The minimum absolute atomic E-state index is 0.101. The summed E-state index contributed by atoms with van der Waals surface area (Å²) in [5, 5.41) is 3.47. The minimum atomic E-state index is -0.101. The third-order valence-electron chi connectivity index (χ3n) is 3.29. The summed E-state index contributed by atoms with van der Waals surface area (Å²) in [5.41, 5.74) is 2.51. The maximum absolute atomic E-state index is 5.48. The van der Waals surface area contributed by atoms with Crippen molar-refractivity contribution >= 4 is 11.6 Å². The number of nitrogens with two attached hydrogens (primary N) is 1. The van der Waals surface area contributed by atoms with E-state index in [0.29, 0.717) is 11.9 Å². The van der Waals surface area contributed by atoms with Gasteiger partial charge in [0.1, 0.15) is 17.5 Å². The van der Waals surface area contributed by atoms with Gasteiger partial charge in [-0.1, -0.05) is 20.8 Å². The van der Waals surface area contributed by atoms with E-state index in [0.717, 1.165) is 31.2 Å². The zero-order valence-corrected chi connectivity index (χ0v) is 12.2. The van der Waals surface area contributed by atoms with Gasteiger partial charge >= 0.3 is 0 Å². The molecule has 1 aromatic rings. The van der Waals surface area contributed by atoms with E-state index >= 15 is 0 Å². The third kappa shape index (κ3) is 3.54. The molecule has 0 saturated carbocycles. The highest BCUT2D eigenvalue weighted by Crippen LogP contribution is 2.23. The fraction of sp³-hybridized carbons (Fsp3) is 0.692. The van der Waals surface area contributed by atoms with Gasteiger partial charge in [0.2, 0.25) is 0 Å². The van der Waals surface area contributed by atoms with E-state index in [2.05, 4.69) is 53.4 Å². The lowest BCUT2D eigenvalue weighted by atomic mass is 9.96. The molecule has 0 spiro atoms. The van der Waals surface area contributed by atoms with Crippen LogP contribution >= 0.6 is 0 Å². The molecule has 4 N–H and O–H groups in total. The van der Waals surface area contributed by atoms with Gasteiger partial charge in [0.15, 0.2) is 0 Å². The quantitative estimate of drug-likeness (QED) is 0.562. The second kappa shape index (κ2) is 5.30. The van der Waals surface area contributed by atoms with Crippen molar-refractivity contribution in [2.45, 2.75) is 38.6 Å². The van der Waals surface area contributed by atoms with E-state index in [1.54, 1.807) is 0 Å². The predicted molar refractivity (Wildman–Crippen MR) is 78.1 cm³/mol. The Kier molecular flexibility index (Phi) is 3.91. The Hall–Kier alpha value is -1.40. The third-order valence-corrected chi connectivity index (χ3v) is 3.29. The average molecular weight is 264 g/mol. The lowest BCUT2D eigenvalue weighted by molar-refractivity contribution is 0.414. The molecule has 6 heteroatoms. The molecule has 0 bridgehead atoms. The molecule has 0 aliphatic carbocycles. The first kappa shape index (κ1) is 14.0. The van der Waals surface area contributed by atoms with Crippen LogP contribution in [0.4, 0.5) is 11.6 Å². The Morgan fingerprint density at radius 3 is 2.53 bits per heavy atom. The van der Waals surface area contributed by atoms with E-state index in [9.17, 15) is 0 Å². The summed E-state index contributed by atoms with van der Waals surface area (Å²) in [4.78, 5) is 11.3. The zero-order chi connectivity index (χ0) is 14.0. The van der Waals surface area contributed by atoms with Gasteiger partial charge in [0, 0.05) is 24.1 Å². The van der Waals surface area contributed by atoms with Gasteiger partial charge in [0.05, 0.1) is 0 Å². The molecule has 0 aromatic carbocycles. The molecule has 1 saturated heterocycles. The topological polar surface area (TPSA) is 79.1 Å². The van der Waals surface area contributed by atoms with Crippen molar-refractivity contribution in [1.82, 2.24) is 14.9 Å². The molecule has 106 valence electrons. The standard InChI is InChI=1S/C13H24N6/c1-13(2,3)12-16-10(7-11(17-12)18-14)15-9-5-6-19(4)8-9/h7,9H,5-6,8,14H2,1-4H3,(H2,15,16,17,18). The molecule has 2 rings (SSSR count). The van der Waals surface area contributed by atoms with Crippen LogP contribution in [0, 0.1) is 0 Å². The first-order chi connectivity index (χ1) is 8.88. The molecule has 0 radical (unpaired) electrons. The minimum Gasteiger partial charge on any atom is -0.366 e. The van der Waals surface area contributed by atoms with Crippen LogP contribution < -0.4 is 16.6 Å². The molecular formula is C13H24N6. The molecule has 1 aliphatic rings. The second-order valence-electron chi connectivity index (χ2n) is 6.25. The number of hydrogen-bond acceptors (Lipinski definition) is 6. The van der Waals surface area contributed by atoms with Gasteiger partial charge in [-0.15, -0.1) is 0 Å². The largest absolute Gasteiger partial charge is 0.366 e. The fourth-order valence-corrected chi connectivity index (χ4v) is 2.19. The lowest BCUT2D eigenvalue weighted by Crippen LogP contribution is -2.26. The van der Waals surface area contributed by atoms with E-state index in [1.165, 1.54) is 0 Å². The first-order valence-electron chi connectivity index (χ1n) is 6.70. The number of nitrogens with zero attached hydrogens (tertiary/aromatic N) is 3. The summed E-state index contributed by atoms with van der Waals surface area (Å²) in [5.74, 6) is 7.76. The number of likely N-dealkylation sites (N-methyl/N-ethyl adjacent to an activating group) is 1. The maximum Gasteiger partial charge on any atom is 0.145 e. The summed E-state index contributed by atoms with van der Waals surface area (Å²) in [6, 6.07) is 2.30. The number of hydrogen-bond donors (Lipinski definition) is 3. The molecule has 0 amide bonds. The van der Waals surface area contributed by atoms with Crippen molar-refractivity contribution in [3.05, 3.63) is 11.9 Å². The first-order valence-corrected chi connectivity index (χ1v) is 6.70. The van der Waals surface area contributed by atoms with E-state index in [-0.39, 0.29) is 5.41 Å². The number of rotatable bonds is 3. The number of anilines is 2. The molecule has 19 heavy (non-hydrogen) atoms. The van der Waals surface area contributed by atoms with Crippen molar-refractivity contribution in [3.8, 4) is 0 Å². The van der Waals surface area contributed by atoms with Gasteiger partial charge in [-0.25, -0.2) is 15.8 Å². The van der Waals surface area contributed by atoms with Crippen molar-refractivity contribution in [1.29, 1.82) is 0 Å². The van der Waals surface area contributed by atoms with E-state index in [4.69, 9.17) is 5.84 Å². The Balaban J connectivity index is 2.20. The zero-order valence-electron chi connectivity index (χ0n) is 12.2. The van der Waals surface area contributed by atoms with E-state index in [1.807, 2.05) is 6.07 Å². The van der Waals surface area contributed by atoms with Crippen molar-refractivity contribution in [2.75, 3.05) is 30.9 Å². The van der Waals surface area contributed by atoms with Crippen molar-refractivity contribution in [3.63, 3.8) is 0 Å². The number of aromatic nitrogens is 2. The molecule has 6 nitrogen and oxygen atoms in total. The van der Waals surface area contributed by atoms with Crippen molar-refractivity contribution in [2.24, 2.45) is 5.84 Å². The van der Waals surface area contributed by atoms with Gasteiger partial charge in [0.25, 0.3) is 0 Å². The average Bonchev–Trinajstić information content (AvgIpc) is 2.73. The molecule has 1 atom stereocenters. The summed E-state index contributed by atoms with van der Waals surface area (Å²) in [6.45, 7) is 8.44. The van der Waals surface area contributed by atoms with Crippen molar-refractivity contribution < 1.29 is 0 Å². The molecule has 1 fully saturated rings. The summed E-state index contributed by atoms with van der Waals surface area (Å²) in [7, 11) is 2.13. The monoisotopic (exact) mass is 264 g/mol. The number of nitrogens with one attached hydrogen (secondary N) is 2. The van der Waals surface area contributed by atoms with Crippen LogP contribution in [0.15, 0.2) is 6.07 Å². The molecule has 1 unspecified atom stereocenters. The number of nitrogen functional groups attached to an aromatic ring is 1. The normalized spacial score (nSPS) is 20.6. The van der Waals surface area contributed by atoms with Gasteiger partial charge in [-0.05, 0) is 20.0 Å². The van der Waals surface area contributed by atoms with Crippen LogP contribution in [0.5, 0.6) is 0 Å². The second-order valence-corrected chi connectivity index (χ2v) is 6.25. The highest BCUT2D eigenvalue weighted by molar-refractivity contribution is 5.48. The van der Waals surface area contributed by atoms with Crippen LogP contribution in [0.3, 0.4) is 0 Å². The Labute approximate surface area is 114 Å². The van der Waals surface area contributed by atoms with Crippen LogP contribution in [0.1, 0.15) is 33.0 Å². The molecule has 1 aliphatic heterocycles. The lowest BCUT2D eigenvalue weighted by Gasteiger charge is -2.20. The van der Waals surface area contributed by atoms with Crippen LogP contribution in [-0.4, -0.2) is 41.0 Å². The van der Waals surface area contributed by atoms with E-state index < -0.39 is 0 Å².